The number of ether oxygens (including phenoxy) is 1. The lowest BCUT2D eigenvalue weighted by molar-refractivity contribution is -0.384. The normalized spacial score (nSPS) is 11.0. The Balaban J connectivity index is 2.14. The van der Waals surface area contributed by atoms with Crippen LogP contribution in [0.25, 0.3) is 11.3 Å². The SMILES string of the molecule is COc1cccc(Nc2c(C#N)c(-c3ccc([N+](=O)[O-])cc3)nn2C(C)(C)C)c1. The van der Waals surface area contributed by atoms with E-state index in [4.69, 9.17) is 4.74 Å². The first-order chi connectivity index (χ1) is 13.7. The molecule has 0 aliphatic carbocycles. The third-order valence-corrected chi connectivity index (χ3v) is 4.32. The Hall–Kier alpha value is -3.86. The van der Waals surface area contributed by atoms with E-state index in [1.54, 1.807) is 23.9 Å². The van der Waals surface area contributed by atoms with Crippen LogP contribution in [0.15, 0.2) is 48.5 Å². The Bertz CT molecular complexity index is 1090. The Morgan fingerprint density at radius 1 is 1.21 bits per heavy atom. The Morgan fingerprint density at radius 3 is 2.45 bits per heavy atom. The lowest BCUT2D eigenvalue weighted by Gasteiger charge is -2.23. The van der Waals surface area contributed by atoms with Crippen molar-refractivity contribution in [3.05, 3.63) is 64.2 Å². The lowest BCUT2D eigenvalue weighted by atomic mass is 10.1. The standard InChI is InChI=1S/C21H21N5O3/c1-21(2,3)25-20(23-15-6-5-7-17(12-15)29-4)18(13-22)19(24-25)14-8-10-16(11-9-14)26(27)28/h5-12,23H,1-4H3. The summed E-state index contributed by atoms with van der Waals surface area (Å²) in [6.07, 6.45) is 0. The van der Waals surface area contributed by atoms with Gasteiger partial charge in [-0.2, -0.15) is 10.4 Å². The molecule has 0 saturated carbocycles. The summed E-state index contributed by atoms with van der Waals surface area (Å²) in [5.41, 5.74) is 1.77. The highest BCUT2D eigenvalue weighted by Crippen LogP contribution is 2.35. The molecule has 3 rings (SSSR count). The molecular weight excluding hydrogens is 370 g/mol. The second-order valence-electron chi connectivity index (χ2n) is 7.43. The topological polar surface area (TPSA) is 106 Å². The predicted octanol–water partition coefficient (Wildman–Crippen LogP) is 4.84. The molecule has 8 heteroatoms. The van der Waals surface area contributed by atoms with Gasteiger partial charge in [0, 0.05) is 29.4 Å². The van der Waals surface area contributed by atoms with Gasteiger partial charge in [0.15, 0.2) is 0 Å². The van der Waals surface area contributed by atoms with E-state index in [0.29, 0.717) is 28.4 Å². The Morgan fingerprint density at radius 2 is 1.90 bits per heavy atom. The number of methoxy groups -OCH3 is 1. The fourth-order valence-electron chi connectivity index (χ4n) is 2.91. The van der Waals surface area contributed by atoms with Crippen LogP contribution in [-0.2, 0) is 5.54 Å². The first-order valence-electron chi connectivity index (χ1n) is 8.94. The summed E-state index contributed by atoms with van der Waals surface area (Å²) in [5, 5.41) is 28.8. The molecule has 0 fully saturated rings. The van der Waals surface area contributed by atoms with Crippen molar-refractivity contribution in [3.63, 3.8) is 0 Å². The van der Waals surface area contributed by atoms with Crippen LogP contribution in [0.1, 0.15) is 26.3 Å². The van der Waals surface area contributed by atoms with E-state index in [1.165, 1.54) is 12.1 Å². The Kier molecular flexibility index (Phi) is 5.24. The fraction of sp³-hybridized carbons (Fsp3) is 0.238. The van der Waals surface area contributed by atoms with E-state index in [1.807, 2.05) is 45.0 Å². The number of non-ortho nitro benzene ring substituents is 1. The number of hydrogen-bond donors (Lipinski definition) is 1. The molecule has 0 amide bonds. The third kappa shape index (κ3) is 4.04. The number of nitro groups is 1. The molecule has 0 unspecified atom stereocenters. The van der Waals surface area contributed by atoms with Crippen LogP contribution in [-0.4, -0.2) is 21.8 Å². The zero-order valence-electron chi connectivity index (χ0n) is 16.6. The van der Waals surface area contributed by atoms with E-state index in [-0.39, 0.29) is 5.69 Å². The van der Waals surface area contributed by atoms with Gasteiger partial charge in [-0.1, -0.05) is 6.07 Å². The summed E-state index contributed by atoms with van der Waals surface area (Å²) in [6, 6.07) is 15.6. The number of rotatable bonds is 5. The average Bonchev–Trinajstić information content (AvgIpc) is 3.06. The molecule has 0 aliphatic rings. The zero-order valence-corrected chi connectivity index (χ0v) is 16.6. The van der Waals surface area contributed by atoms with Crippen LogP contribution < -0.4 is 10.1 Å². The molecule has 0 spiro atoms. The number of hydrogen-bond acceptors (Lipinski definition) is 6. The van der Waals surface area contributed by atoms with Crippen molar-refractivity contribution in [1.29, 1.82) is 5.26 Å². The van der Waals surface area contributed by atoms with Crippen molar-refractivity contribution in [3.8, 4) is 23.1 Å². The van der Waals surface area contributed by atoms with Gasteiger partial charge in [-0.3, -0.25) is 10.1 Å². The number of benzene rings is 2. The third-order valence-electron chi connectivity index (χ3n) is 4.32. The largest absolute Gasteiger partial charge is 0.497 e. The maximum Gasteiger partial charge on any atom is 0.269 e. The van der Waals surface area contributed by atoms with Crippen molar-refractivity contribution in [1.82, 2.24) is 9.78 Å². The van der Waals surface area contributed by atoms with Gasteiger partial charge in [0.1, 0.15) is 28.9 Å². The van der Waals surface area contributed by atoms with Gasteiger partial charge in [-0.25, -0.2) is 4.68 Å². The number of nitriles is 1. The second kappa shape index (κ2) is 7.64. The Labute approximate surface area is 168 Å². The van der Waals surface area contributed by atoms with Gasteiger partial charge in [0.05, 0.1) is 17.6 Å². The predicted molar refractivity (Wildman–Crippen MR) is 110 cm³/mol. The summed E-state index contributed by atoms with van der Waals surface area (Å²) < 4.78 is 7.02. The summed E-state index contributed by atoms with van der Waals surface area (Å²) >= 11 is 0. The molecular formula is C21H21N5O3. The molecule has 29 heavy (non-hydrogen) atoms. The molecule has 148 valence electrons. The van der Waals surface area contributed by atoms with E-state index in [0.717, 1.165) is 5.69 Å². The van der Waals surface area contributed by atoms with Gasteiger partial charge in [0.2, 0.25) is 0 Å². The van der Waals surface area contributed by atoms with Gasteiger partial charge < -0.3 is 10.1 Å². The molecule has 0 radical (unpaired) electrons. The van der Waals surface area contributed by atoms with E-state index < -0.39 is 10.5 Å². The van der Waals surface area contributed by atoms with Crippen molar-refractivity contribution < 1.29 is 9.66 Å². The fourth-order valence-corrected chi connectivity index (χ4v) is 2.91. The number of nitro benzene ring substituents is 1. The minimum Gasteiger partial charge on any atom is -0.497 e. The summed E-state index contributed by atoms with van der Waals surface area (Å²) in [4.78, 5) is 10.5. The van der Waals surface area contributed by atoms with Crippen molar-refractivity contribution in [2.24, 2.45) is 0 Å². The molecule has 0 atom stereocenters. The number of anilines is 2. The minimum atomic E-state index is -0.460. The van der Waals surface area contributed by atoms with E-state index in [9.17, 15) is 15.4 Å². The molecule has 3 aromatic rings. The zero-order chi connectivity index (χ0) is 21.2. The number of nitrogens with one attached hydrogen (secondary N) is 1. The highest BCUT2D eigenvalue weighted by molar-refractivity contribution is 5.77. The van der Waals surface area contributed by atoms with Gasteiger partial charge in [-0.15, -0.1) is 0 Å². The molecule has 1 aromatic heterocycles. The van der Waals surface area contributed by atoms with Crippen LogP contribution in [0.2, 0.25) is 0 Å². The quantitative estimate of drug-likeness (QED) is 0.493. The van der Waals surface area contributed by atoms with Gasteiger partial charge in [0.25, 0.3) is 5.69 Å². The van der Waals surface area contributed by atoms with Gasteiger partial charge in [-0.05, 0) is 45.0 Å². The second-order valence-corrected chi connectivity index (χ2v) is 7.43. The van der Waals surface area contributed by atoms with Crippen molar-refractivity contribution in [2.45, 2.75) is 26.3 Å². The maximum absolute atomic E-state index is 10.9. The van der Waals surface area contributed by atoms with Crippen molar-refractivity contribution >= 4 is 17.2 Å². The number of aromatic nitrogens is 2. The molecule has 1 N–H and O–H groups in total. The van der Waals surface area contributed by atoms with E-state index in [2.05, 4.69) is 16.5 Å². The van der Waals surface area contributed by atoms with Crippen LogP contribution >= 0.6 is 0 Å². The molecule has 0 aliphatic heterocycles. The maximum atomic E-state index is 10.9. The van der Waals surface area contributed by atoms with Crippen LogP contribution in [0.3, 0.4) is 0 Å². The highest BCUT2D eigenvalue weighted by atomic mass is 16.6. The molecule has 1 heterocycles. The van der Waals surface area contributed by atoms with Gasteiger partial charge >= 0.3 is 0 Å². The molecule has 8 nitrogen and oxygen atoms in total. The minimum absolute atomic E-state index is 0.0164. The smallest absolute Gasteiger partial charge is 0.269 e. The van der Waals surface area contributed by atoms with Crippen LogP contribution in [0, 0.1) is 21.4 Å². The first kappa shape index (κ1) is 19.9. The lowest BCUT2D eigenvalue weighted by Crippen LogP contribution is -2.24. The summed E-state index contributed by atoms with van der Waals surface area (Å²) in [7, 11) is 1.59. The average molecular weight is 391 g/mol. The summed E-state index contributed by atoms with van der Waals surface area (Å²) in [5.74, 6) is 1.23. The number of nitrogens with zero attached hydrogens (tertiary/aromatic N) is 4. The van der Waals surface area contributed by atoms with E-state index >= 15 is 0 Å². The van der Waals surface area contributed by atoms with Crippen LogP contribution in [0.4, 0.5) is 17.2 Å². The van der Waals surface area contributed by atoms with Crippen LogP contribution in [0.5, 0.6) is 5.75 Å². The van der Waals surface area contributed by atoms with Crippen molar-refractivity contribution in [2.75, 3.05) is 12.4 Å². The molecule has 2 aromatic carbocycles. The molecule has 0 bridgehead atoms. The monoisotopic (exact) mass is 391 g/mol. The molecule has 0 saturated heterocycles. The summed E-state index contributed by atoms with van der Waals surface area (Å²) in [6.45, 7) is 5.95. The first-order valence-corrected chi connectivity index (χ1v) is 8.94. The highest BCUT2D eigenvalue weighted by Gasteiger charge is 2.26.